The molecule has 3 N–H and O–H groups in total. The summed E-state index contributed by atoms with van der Waals surface area (Å²) in [7, 11) is 0. The predicted octanol–water partition coefficient (Wildman–Crippen LogP) is 5.13. The zero-order chi connectivity index (χ0) is 14.0. The van der Waals surface area contributed by atoms with Crippen LogP contribution < -0.4 is 11.1 Å². The van der Waals surface area contributed by atoms with Gasteiger partial charge in [-0.25, -0.2) is 0 Å². The Morgan fingerprint density at radius 1 is 1.16 bits per heavy atom. The van der Waals surface area contributed by atoms with Crippen molar-refractivity contribution in [3.05, 3.63) is 56.5 Å². The van der Waals surface area contributed by atoms with E-state index in [0.29, 0.717) is 15.0 Å². The molecule has 2 aromatic carbocycles. The van der Waals surface area contributed by atoms with Crippen LogP contribution in [-0.4, -0.2) is 4.99 Å². The van der Waals surface area contributed by atoms with E-state index in [2.05, 4.69) is 21.2 Å². The van der Waals surface area contributed by atoms with Crippen LogP contribution >= 0.6 is 51.3 Å². The minimum absolute atomic E-state index is 0.355. The van der Waals surface area contributed by atoms with Gasteiger partial charge in [0.1, 0.15) is 4.99 Å². The predicted molar refractivity (Wildman–Crippen MR) is 89.8 cm³/mol. The molecule has 0 saturated carbocycles. The molecule has 0 aromatic heterocycles. The summed E-state index contributed by atoms with van der Waals surface area (Å²) in [5.41, 5.74) is 7.96. The number of nitrogens with one attached hydrogen (secondary N) is 1. The highest BCUT2D eigenvalue weighted by molar-refractivity contribution is 9.10. The third kappa shape index (κ3) is 3.39. The molecule has 0 atom stereocenters. The molecule has 6 heteroatoms. The fraction of sp³-hybridized carbons (Fsp3) is 0. The Kier molecular flexibility index (Phi) is 4.68. The first-order valence-electron chi connectivity index (χ1n) is 5.29. The quantitative estimate of drug-likeness (QED) is 0.730. The first kappa shape index (κ1) is 14.6. The molecule has 2 aromatic rings. The number of benzene rings is 2. The van der Waals surface area contributed by atoms with Crippen molar-refractivity contribution in [2.45, 2.75) is 0 Å². The number of hydrogen-bond donors (Lipinski definition) is 2. The van der Waals surface area contributed by atoms with Crippen LogP contribution in [-0.2, 0) is 0 Å². The van der Waals surface area contributed by atoms with E-state index in [1.807, 2.05) is 30.3 Å². The molecule has 2 rings (SSSR count). The Balaban J connectivity index is 2.34. The van der Waals surface area contributed by atoms with Crippen molar-refractivity contribution in [2.75, 3.05) is 5.32 Å². The van der Waals surface area contributed by atoms with Gasteiger partial charge in [0.2, 0.25) is 0 Å². The second-order valence-corrected chi connectivity index (χ2v) is 5.86. The van der Waals surface area contributed by atoms with E-state index < -0.39 is 0 Å². The number of anilines is 2. The number of thiocarbonyl (C=S) groups is 1. The molecule has 2 nitrogen and oxygen atoms in total. The highest BCUT2D eigenvalue weighted by Gasteiger charge is 2.07. The highest BCUT2D eigenvalue weighted by Crippen LogP contribution is 2.34. The molecule has 0 aliphatic carbocycles. The number of hydrogen-bond acceptors (Lipinski definition) is 2. The monoisotopic (exact) mass is 374 g/mol. The topological polar surface area (TPSA) is 38.0 Å². The van der Waals surface area contributed by atoms with Crippen LogP contribution in [0.4, 0.5) is 11.4 Å². The van der Waals surface area contributed by atoms with E-state index in [4.69, 9.17) is 41.2 Å². The van der Waals surface area contributed by atoms with Crippen LogP contribution in [0, 0.1) is 0 Å². The summed E-state index contributed by atoms with van der Waals surface area (Å²) >= 11 is 20.5. The molecule has 0 aliphatic rings. The van der Waals surface area contributed by atoms with Crippen molar-refractivity contribution in [3.8, 4) is 0 Å². The molecule has 98 valence electrons. The van der Waals surface area contributed by atoms with Crippen molar-refractivity contribution in [2.24, 2.45) is 5.73 Å². The lowest BCUT2D eigenvalue weighted by molar-refractivity contribution is 1.51. The summed E-state index contributed by atoms with van der Waals surface area (Å²) in [6, 6.07) is 11.0. The minimum Gasteiger partial charge on any atom is -0.389 e. The lowest BCUT2D eigenvalue weighted by Crippen LogP contribution is -2.09. The van der Waals surface area contributed by atoms with Gasteiger partial charge in [-0.15, -0.1) is 0 Å². The highest BCUT2D eigenvalue weighted by atomic mass is 79.9. The molecule has 0 radical (unpaired) electrons. The second-order valence-electron chi connectivity index (χ2n) is 3.79. The zero-order valence-electron chi connectivity index (χ0n) is 9.58. The van der Waals surface area contributed by atoms with E-state index in [1.165, 1.54) is 0 Å². The van der Waals surface area contributed by atoms with Crippen molar-refractivity contribution in [3.63, 3.8) is 0 Å². The summed E-state index contributed by atoms with van der Waals surface area (Å²) in [6.45, 7) is 0. The summed E-state index contributed by atoms with van der Waals surface area (Å²) in [6.07, 6.45) is 0. The second kappa shape index (κ2) is 6.09. The Labute approximate surface area is 135 Å². The average Bonchev–Trinajstić information content (AvgIpc) is 2.37. The Morgan fingerprint density at radius 3 is 2.53 bits per heavy atom. The maximum absolute atomic E-state index is 6.13. The van der Waals surface area contributed by atoms with Crippen molar-refractivity contribution in [1.82, 2.24) is 0 Å². The van der Waals surface area contributed by atoms with E-state index in [0.717, 1.165) is 21.4 Å². The van der Waals surface area contributed by atoms with Gasteiger partial charge in [0.05, 0.1) is 21.4 Å². The number of nitrogens with two attached hydrogens (primary N) is 1. The van der Waals surface area contributed by atoms with E-state index >= 15 is 0 Å². The Bertz CT molecular complexity index is 647. The molecule has 0 saturated heterocycles. The lowest BCUT2D eigenvalue weighted by atomic mass is 10.2. The van der Waals surface area contributed by atoms with Gasteiger partial charge in [-0.05, 0) is 46.3 Å². The van der Waals surface area contributed by atoms with Crippen molar-refractivity contribution in [1.29, 1.82) is 0 Å². The summed E-state index contributed by atoms with van der Waals surface area (Å²) in [4.78, 5) is 0.355. The molecular formula is C13H9BrCl2N2S. The van der Waals surface area contributed by atoms with Crippen LogP contribution in [0.15, 0.2) is 40.9 Å². The van der Waals surface area contributed by atoms with Gasteiger partial charge in [-0.3, -0.25) is 0 Å². The van der Waals surface area contributed by atoms with E-state index in [9.17, 15) is 0 Å². The maximum atomic E-state index is 6.13. The normalized spacial score (nSPS) is 10.3. The van der Waals surface area contributed by atoms with Crippen LogP contribution in [0.3, 0.4) is 0 Å². The van der Waals surface area contributed by atoms with Gasteiger partial charge in [0.15, 0.2) is 0 Å². The van der Waals surface area contributed by atoms with Crippen LogP contribution in [0.5, 0.6) is 0 Å². The third-order valence-electron chi connectivity index (χ3n) is 2.47. The van der Waals surface area contributed by atoms with Crippen LogP contribution in [0.2, 0.25) is 10.0 Å². The first-order valence-corrected chi connectivity index (χ1v) is 7.25. The molecule has 0 unspecified atom stereocenters. The van der Waals surface area contributed by atoms with Gasteiger partial charge < -0.3 is 11.1 Å². The molecule has 0 spiro atoms. The summed E-state index contributed by atoms with van der Waals surface area (Å²) in [5.74, 6) is 0. The molecule has 0 aliphatic heterocycles. The molecule has 0 heterocycles. The van der Waals surface area contributed by atoms with Gasteiger partial charge in [-0.1, -0.05) is 41.5 Å². The summed E-state index contributed by atoms with van der Waals surface area (Å²) in [5, 5.41) is 4.18. The molecule has 0 amide bonds. The fourth-order valence-corrected chi connectivity index (χ4v) is 2.47. The molecular weight excluding hydrogens is 367 g/mol. The van der Waals surface area contributed by atoms with Crippen molar-refractivity contribution >= 4 is 67.7 Å². The van der Waals surface area contributed by atoms with E-state index in [-0.39, 0.29) is 0 Å². The van der Waals surface area contributed by atoms with Gasteiger partial charge in [-0.2, -0.15) is 0 Å². The average molecular weight is 376 g/mol. The van der Waals surface area contributed by atoms with Crippen molar-refractivity contribution < 1.29 is 0 Å². The molecule has 0 bridgehead atoms. The fourth-order valence-electron chi connectivity index (χ4n) is 1.52. The smallest absolute Gasteiger partial charge is 0.104 e. The van der Waals surface area contributed by atoms with Gasteiger partial charge >= 0.3 is 0 Å². The van der Waals surface area contributed by atoms with Gasteiger partial charge in [0, 0.05) is 10.0 Å². The SMILES string of the molecule is NC(=S)c1ccc(Nc2cccc(Cl)c2Cl)c(Br)c1. The Hall–Kier alpha value is -0.810. The first-order chi connectivity index (χ1) is 8.99. The minimum atomic E-state index is 0.355. The van der Waals surface area contributed by atoms with E-state index in [1.54, 1.807) is 6.07 Å². The lowest BCUT2D eigenvalue weighted by Gasteiger charge is -2.12. The molecule has 0 fully saturated rings. The largest absolute Gasteiger partial charge is 0.389 e. The third-order valence-corrected chi connectivity index (χ3v) is 4.19. The van der Waals surface area contributed by atoms with Crippen LogP contribution in [0.25, 0.3) is 0 Å². The zero-order valence-corrected chi connectivity index (χ0v) is 13.5. The van der Waals surface area contributed by atoms with Crippen LogP contribution in [0.1, 0.15) is 5.56 Å². The number of rotatable bonds is 3. The van der Waals surface area contributed by atoms with Gasteiger partial charge in [0.25, 0.3) is 0 Å². The molecule has 19 heavy (non-hydrogen) atoms. The number of halogens is 3. The maximum Gasteiger partial charge on any atom is 0.104 e. The Morgan fingerprint density at radius 2 is 1.89 bits per heavy atom. The summed E-state index contributed by atoms with van der Waals surface area (Å²) < 4.78 is 0.842. The standard InChI is InChI=1S/C13H9BrCl2N2S/c14-8-6-7(13(17)19)4-5-10(8)18-11-3-1-2-9(15)12(11)16/h1-6,18H,(H2,17,19).